The number of benzene rings is 2. The van der Waals surface area contributed by atoms with E-state index in [1.165, 1.54) is 10.5 Å². The maximum Gasteiger partial charge on any atom is 0.0603 e. The number of nitrogens with two attached hydrogens (primary N) is 1. The monoisotopic (exact) mass is 297 g/mol. The first-order valence-electron chi connectivity index (χ1n) is 5.61. The standard InChI is InChI=1S/C14H13Cl2NS/c15-12-6-5-11(9-13(12)16)18-14-4-2-1-3-10(14)7-8-17/h1-6,9H,7-8,17H2. The second kappa shape index (κ2) is 6.48. The van der Waals surface area contributed by atoms with Gasteiger partial charge in [0.25, 0.3) is 0 Å². The molecule has 2 aromatic rings. The Balaban J connectivity index is 2.25. The Labute approximate surface area is 121 Å². The summed E-state index contributed by atoms with van der Waals surface area (Å²) in [4.78, 5) is 2.29. The minimum absolute atomic E-state index is 0.580. The maximum absolute atomic E-state index is 6.02. The van der Waals surface area contributed by atoms with Crippen molar-refractivity contribution in [1.29, 1.82) is 0 Å². The molecule has 0 aromatic heterocycles. The van der Waals surface area contributed by atoms with E-state index in [1.807, 2.05) is 30.3 Å². The third-order valence-electron chi connectivity index (χ3n) is 2.51. The normalized spacial score (nSPS) is 10.6. The highest BCUT2D eigenvalue weighted by molar-refractivity contribution is 7.99. The van der Waals surface area contributed by atoms with Gasteiger partial charge < -0.3 is 5.73 Å². The van der Waals surface area contributed by atoms with Gasteiger partial charge in [-0.05, 0) is 42.8 Å². The van der Waals surface area contributed by atoms with E-state index in [-0.39, 0.29) is 0 Å². The summed E-state index contributed by atoms with van der Waals surface area (Å²) in [5.41, 5.74) is 6.88. The Morgan fingerprint density at radius 1 is 1.00 bits per heavy atom. The third-order valence-corrected chi connectivity index (χ3v) is 4.35. The summed E-state index contributed by atoms with van der Waals surface area (Å²) >= 11 is 13.6. The van der Waals surface area contributed by atoms with Crippen LogP contribution in [0.2, 0.25) is 10.0 Å². The highest BCUT2D eigenvalue weighted by Crippen LogP contribution is 2.34. The molecule has 2 rings (SSSR count). The van der Waals surface area contributed by atoms with Crippen LogP contribution in [-0.4, -0.2) is 6.54 Å². The number of hydrogen-bond donors (Lipinski definition) is 1. The molecule has 4 heteroatoms. The van der Waals surface area contributed by atoms with E-state index >= 15 is 0 Å². The smallest absolute Gasteiger partial charge is 0.0603 e. The van der Waals surface area contributed by atoms with Crippen LogP contribution in [0.25, 0.3) is 0 Å². The van der Waals surface area contributed by atoms with Crippen LogP contribution in [0.15, 0.2) is 52.3 Å². The molecule has 0 saturated carbocycles. The van der Waals surface area contributed by atoms with Crippen LogP contribution in [0.1, 0.15) is 5.56 Å². The second-order valence-corrected chi connectivity index (χ2v) is 5.75. The van der Waals surface area contributed by atoms with Gasteiger partial charge in [-0.3, -0.25) is 0 Å². The summed E-state index contributed by atoms with van der Waals surface area (Å²) < 4.78 is 0. The lowest BCUT2D eigenvalue weighted by atomic mass is 10.1. The van der Waals surface area contributed by atoms with E-state index in [0.717, 1.165) is 11.3 Å². The van der Waals surface area contributed by atoms with Crippen LogP contribution >= 0.6 is 35.0 Å². The zero-order chi connectivity index (χ0) is 13.0. The fraction of sp³-hybridized carbons (Fsp3) is 0.143. The van der Waals surface area contributed by atoms with Gasteiger partial charge in [0.1, 0.15) is 0 Å². The lowest BCUT2D eigenvalue weighted by Crippen LogP contribution is -2.03. The Kier molecular flexibility index (Phi) is 4.95. The molecule has 0 heterocycles. The molecule has 0 radical (unpaired) electrons. The van der Waals surface area contributed by atoms with Crippen LogP contribution in [0.5, 0.6) is 0 Å². The molecule has 0 amide bonds. The lowest BCUT2D eigenvalue weighted by Gasteiger charge is -2.08. The van der Waals surface area contributed by atoms with E-state index in [1.54, 1.807) is 11.8 Å². The highest BCUT2D eigenvalue weighted by Gasteiger charge is 2.05. The van der Waals surface area contributed by atoms with Gasteiger partial charge in [-0.15, -0.1) is 0 Å². The molecular formula is C14H13Cl2NS. The molecular weight excluding hydrogens is 285 g/mol. The average molecular weight is 298 g/mol. The molecule has 2 aromatic carbocycles. The first-order valence-corrected chi connectivity index (χ1v) is 7.19. The van der Waals surface area contributed by atoms with Crippen LogP contribution in [0.3, 0.4) is 0 Å². The van der Waals surface area contributed by atoms with Gasteiger partial charge in [-0.1, -0.05) is 53.2 Å². The van der Waals surface area contributed by atoms with E-state index in [2.05, 4.69) is 12.1 Å². The van der Waals surface area contributed by atoms with Crippen molar-refractivity contribution in [2.75, 3.05) is 6.54 Å². The number of rotatable bonds is 4. The van der Waals surface area contributed by atoms with E-state index < -0.39 is 0 Å². The lowest BCUT2D eigenvalue weighted by molar-refractivity contribution is 0.944. The van der Waals surface area contributed by atoms with Crippen LogP contribution in [-0.2, 0) is 6.42 Å². The van der Waals surface area contributed by atoms with Gasteiger partial charge in [0.05, 0.1) is 10.0 Å². The van der Waals surface area contributed by atoms with Crippen LogP contribution in [0.4, 0.5) is 0 Å². The fourth-order valence-corrected chi connectivity index (χ4v) is 3.01. The first kappa shape index (κ1) is 13.8. The summed E-state index contributed by atoms with van der Waals surface area (Å²) in [6.45, 7) is 0.652. The average Bonchev–Trinajstić information content (AvgIpc) is 2.37. The molecule has 18 heavy (non-hydrogen) atoms. The van der Waals surface area contributed by atoms with Crippen LogP contribution in [0, 0.1) is 0 Å². The minimum atomic E-state index is 0.580. The summed E-state index contributed by atoms with van der Waals surface area (Å²) in [5.74, 6) is 0. The molecule has 0 bridgehead atoms. The Bertz CT molecular complexity index is 543. The summed E-state index contributed by atoms with van der Waals surface area (Å²) in [6, 6.07) is 13.9. The molecule has 0 unspecified atom stereocenters. The number of hydrogen-bond acceptors (Lipinski definition) is 2. The van der Waals surface area contributed by atoms with Crippen molar-refractivity contribution in [1.82, 2.24) is 0 Å². The Morgan fingerprint density at radius 3 is 2.50 bits per heavy atom. The SMILES string of the molecule is NCCc1ccccc1Sc1ccc(Cl)c(Cl)c1. The topological polar surface area (TPSA) is 26.0 Å². The zero-order valence-electron chi connectivity index (χ0n) is 9.70. The Hall–Kier alpha value is -0.670. The maximum atomic E-state index is 6.02. The third kappa shape index (κ3) is 3.42. The van der Waals surface area contributed by atoms with Gasteiger partial charge in [0, 0.05) is 9.79 Å². The van der Waals surface area contributed by atoms with E-state index in [0.29, 0.717) is 16.6 Å². The number of halogens is 2. The first-order chi connectivity index (χ1) is 8.70. The second-order valence-electron chi connectivity index (χ2n) is 3.82. The van der Waals surface area contributed by atoms with Crippen molar-refractivity contribution in [3.05, 3.63) is 58.1 Å². The van der Waals surface area contributed by atoms with Crippen molar-refractivity contribution in [2.45, 2.75) is 16.2 Å². The quantitative estimate of drug-likeness (QED) is 0.889. The largest absolute Gasteiger partial charge is 0.330 e. The molecule has 0 aliphatic heterocycles. The fourth-order valence-electron chi connectivity index (χ4n) is 1.63. The molecule has 94 valence electrons. The van der Waals surface area contributed by atoms with Gasteiger partial charge >= 0.3 is 0 Å². The van der Waals surface area contributed by atoms with Gasteiger partial charge in [-0.2, -0.15) is 0 Å². The van der Waals surface area contributed by atoms with Crippen molar-refractivity contribution < 1.29 is 0 Å². The molecule has 0 aliphatic carbocycles. The molecule has 0 aliphatic rings. The molecule has 2 N–H and O–H groups in total. The predicted molar refractivity (Wildman–Crippen MR) is 79.8 cm³/mol. The van der Waals surface area contributed by atoms with Crippen molar-refractivity contribution in [3.63, 3.8) is 0 Å². The molecule has 0 spiro atoms. The Morgan fingerprint density at radius 2 is 1.78 bits per heavy atom. The van der Waals surface area contributed by atoms with Gasteiger partial charge in [-0.25, -0.2) is 0 Å². The molecule has 1 nitrogen and oxygen atoms in total. The highest BCUT2D eigenvalue weighted by atomic mass is 35.5. The zero-order valence-corrected chi connectivity index (χ0v) is 12.0. The minimum Gasteiger partial charge on any atom is -0.330 e. The summed E-state index contributed by atoms with van der Waals surface area (Å²) in [6.07, 6.45) is 0.879. The van der Waals surface area contributed by atoms with Crippen molar-refractivity contribution in [2.24, 2.45) is 5.73 Å². The van der Waals surface area contributed by atoms with E-state index in [9.17, 15) is 0 Å². The summed E-state index contributed by atoms with van der Waals surface area (Å²) in [7, 11) is 0. The van der Waals surface area contributed by atoms with Crippen molar-refractivity contribution in [3.8, 4) is 0 Å². The van der Waals surface area contributed by atoms with Gasteiger partial charge in [0.15, 0.2) is 0 Å². The molecule has 0 atom stereocenters. The predicted octanol–water partition coefficient (Wildman–Crippen LogP) is 4.65. The van der Waals surface area contributed by atoms with Gasteiger partial charge in [0.2, 0.25) is 0 Å². The molecule has 0 saturated heterocycles. The summed E-state index contributed by atoms with van der Waals surface area (Å²) in [5, 5.41) is 1.16. The van der Waals surface area contributed by atoms with Crippen molar-refractivity contribution >= 4 is 35.0 Å². The van der Waals surface area contributed by atoms with Crippen LogP contribution < -0.4 is 5.73 Å². The van der Waals surface area contributed by atoms with E-state index in [4.69, 9.17) is 28.9 Å². The molecule has 0 fully saturated rings.